The molecular weight excluding hydrogens is 1320 g/mol. The molecule has 0 amide bonds. The quantitative estimate of drug-likeness (QED) is 0.120. The maximum Gasteiger partial charge on any atom is 0.256 e. The number of thiophene rings is 2. The molecule has 1 aliphatic carbocycles. The van der Waals surface area contributed by atoms with Crippen LogP contribution in [-0.4, -0.2) is 13.4 Å². The van der Waals surface area contributed by atoms with Crippen molar-refractivity contribution in [3.05, 3.63) is 362 Å². The number of benzene rings is 15. The largest absolute Gasteiger partial charge is 0.458 e. The number of allylic oxidation sites excluding steroid dienone is 1. The summed E-state index contributed by atoms with van der Waals surface area (Å²) in [5, 5.41) is 3.76. The minimum Gasteiger partial charge on any atom is -0.458 e. The summed E-state index contributed by atoms with van der Waals surface area (Å²) in [4.78, 5) is 14.3. The molecule has 0 saturated heterocycles. The van der Waals surface area contributed by atoms with Crippen LogP contribution in [0, 0.1) is 0 Å². The Kier molecular flexibility index (Phi) is 14.0. The van der Waals surface area contributed by atoms with Gasteiger partial charge in [-0.1, -0.05) is 249 Å². The highest BCUT2D eigenvalue weighted by Crippen LogP contribution is 2.56. The Morgan fingerprint density at radius 2 is 0.858 bits per heavy atom. The van der Waals surface area contributed by atoms with Gasteiger partial charge in [0.1, 0.15) is 11.5 Å². The van der Waals surface area contributed by atoms with Crippen LogP contribution in [0.5, 0.6) is 11.5 Å². The fourth-order valence-corrected chi connectivity index (χ4v) is 20.4. The topological polar surface area (TPSA) is 25.4 Å². The average Bonchev–Trinajstić information content (AvgIpc) is 0.712. The van der Waals surface area contributed by atoms with E-state index in [9.17, 15) is 0 Å². The summed E-state index contributed by atoms with van der Waals surface area (Å²) in [7, 11) is 0. The fraction of sp³-hybridized carbons (Fsp3) is 0.0208. The van der Waals surface area contributed by atoms with Crippen LogP contribution in [0.2, 0.25) is 0 Å². The monoisotopic (exact) mass is 1390 g/mol. The van der Waals surface area contributed by atoms with Gasteiger partial charge in [0.25, 0.3) is 13.4 Å². The van der Waals surface area contributed by atoms with Gasteiger partial charge in [-0.2, -0.15) is 0 Å². The summed E-state index contributed by atoms with van der Waals surface area (Å²) in [5.41, 5.74) is 29.2. The molecule has 4 aliphatic heterocycles. The number of hydrogen-bond acceptors (Lipinski definition) is 8. The second kappa shape index (κ2) is 24.4. The van der Waals surface area contributed by atoms with Crippen molar-refractivity contribution in [2.45, 2.75) is 12.8 Å². The molecule has 0 fully saturated rings. The van der Waals surface area contributed by atoms with Gasteiger partial charge in [0.2, 0.25) is 0 Å². The molecule has 496 valence electrons. The van der Waals surface area contributed by atoms with Crippen LogP contribution in [0.1, 0.15) is 16.9 Å². The lowest BCUT2D eigenvalue weighted by Crippen LogP contribution is -2.64. The normalized spacial score (nSPS) is 13.3. The van der Waals surface area contributed by atoms with Crippen molar-refractivity contribution in [2.24, 2.45) is 0 Å². The lowest BCUT2D eigenvalue weighted by molar-refractivity contribution is 0.487. The third kappa shape index (κ3) is 9.37. The van der Waals surface area contributed by atoms with Crippen molar-refractivity contribution in [3.63, 3.8) is 0 Å². The van der Waals surface area contributed by atoms with E-state index in [-0.39, 0.29) is 13.4 Å². The lowest BCUT2D eigenvalue weighted by atomic mass is 9.30. The number of rotatable bonds is 11. The predicted octanol–water partition coefficient (Wildman–Crippen LogP) is 23.0. The molecule has 0 bridgehead atoms. The Balaban J connectivity index is 0.900. The highest BCUT2D eigenvalue weighted by atomic mass is 32.1. The third-order valence-electron chi connectivity index (χ3n) is 22.2. The van der Waals surface area contributed by atoms with Crippen LogP contribution < -0.4 is 62.0 Å². The summed E-state index contributed by atoms with van der Waals surface area (Å²) in [6.45, 7) is -0.506. The Morgan fingerprint density at radius 1 is 0.330 bits per heavy atom. The van der Waals surface area contributed by atoms with Crippen molar-refractivity contribution in [3.8, 4) is 33.8 Å². The number of aryl methyl sites for hydroxylation is 1. The van der Waals surface area contributed by atoms with Gasteiger partial charge in [-0.3, -0.25) is 0 Å². The molecule has 17 aromatic rings. The molecule has 0 N–H and O–H groups in total. The minimum absolute atomic E-state index is 0.230. The van der Waals surface area contributed by atoms with Crippen molar-refractivity contribution in [1.82, 2.24) is 0 Å². The van der Waals surface area contributed by atoms with Gasteiger partial charge in [-0.25, -0.2) is 0 Å². The van der Waals surface area contributed by atoms with E-state index in [0.717, 1.165) is 143 Å². The van der Waals surface area contributed by atoms with E-state index in [1.165, 1.54) is 62.6 Å². The van der Waals surface area contributed by atoms with Crippen LogP contribution in [0.4, 0.5) is 85.3 Å². The summed E-state index contributed by atoms with van der Waals surface area (Å²) >= 11 is 3.82. The van der Waals surface area contributed by atoms with E-state index in [1.807, 2.05) is 22.7 Å². The molecule has 22 rings (SSSR count). The first-order valence-corrected chi connectivity index (χ1v) is 38.2. The smallest absolute Gasteiger partial charge is 0.256 e. The second-order valence-corrected chi connectivity index (χ2v) is 30.2. The maximum absolute atomic E-state index is 7.65. The molecule has 2 aromatic heterocycles. The van der Waals surface area contributed by atoms with Gasteiger partial charge in [-0.05, 0) is 165 Å². The summed E-state index contributed by atoms with van der Waals surface area (Å²) in [6.07, 6.45) is 6.77. The average molecular weight is 1390 g/mol. The van der Waals surface area contributed by atoms with Gasteiger partial charge in [0.15, 0.2) is 0 Å². The SMILES string of the molecule is C1=Cc2c(sc3c(N4c5cc6c(cc5B5c7ccccc7N(c7ccccc7)c7cc(N(c8ccccc8)c8ccccc8)cc4c75)B4c5ccccc5Oc5cc(N(c7ccccc7)c7cccc8c7sc7ccccc78)cc(c54)N6c4c(-c5ccccc5)cccc4-c4ccccc4)cccc23)CC1. The van der Waals surface area contributed by atoms with Gasteiger partial charge < -0.3 is 29.2 Å². The van der Waals surface area contributed by atoms with E-state index in [1.54, 1.807) is 0 Å². The van der Waals surface area contributed by atoms with E-state index in [4.69, 9.17) is 4.74 Å². The highest BCUT2D eigenvalue weighted by molar-refractivity contribution is 7.26. The molecule has 0 unspecified atom stereocenters. The Morgan fingerprint density at radius 3 is 1.57 bits per heavy atom. The van der Waals surface area contributed by atoms with Gasteiger partial charge >= 0.3 is 0 Å². The molecule has 0 atom stereocenters. The van der Waals surface area contributed by atoms with Crippen LogP contribution in [0.15, 0.2) is 352 Å². The molecule has 10 heteroatoms. The highest BCUT2D eigenvalue weighted by Gasteiger charge is 2.49. The molecule has 0 spiro atoms. The summed E-state index contributed by atoms with van der Waals surface area (Å²) in [5.74, 6) is 1.67. The zero-order valence-corrected chi connectivity index (χ0v) is 59.2. The Bertz CT molecular complexity index is 6330. The Hall–Kier alpha value is -12.9. The molecule has 0 radical (unpaired) electrons. The van der Waals surface area contributed by atoms with Crippen LogP contribution in [0.25, 0.3) is 58.6 Å². The second-order valence-electron chi connectivity index (χ2n) is 28.0. The maximum atomic E-state index is 7.65. The van der Waals surface area contributed by atoms with E-state index >= 15 is 0 Å². The number of fused-ring (bicyclic) bond motifs is 14. The fourth-order valence-electron chi connectivity index (χ4n) is 17.9. The van der Waals surface area contributed by atoms with Gasteiger partial charge in [0, 0.05) is 99.8 Å². The first-order chi connectivity index (χ1) is 52.6. The molecular formula is C96H63B2N5OS2. The van der Waals surface area contributed by atoms with Gasteiger partial charge in [-0.15, -0.1) is 22.7 Å². The molecule has 6 nitrogen and oxygen atoms in total. The molecule has 15 aromatic carbocycles. The van der Waals surface area contributed by atoms with E-state index in [0.29, 0.717) is 0 Å². The number of nitrogens with zero attached hydrogens (tertiary/aromatic N) is 5. The van der Waals surface area contributed by atoms with Crippen molar-refractivity contribution in [1.29, 1.82) is 0 Å². The molecule has 106 heavy (non-hydrogen) atoms. The van der Waals surface area contributed by atoms with Crippen LogP contribution >= 0.6 is 22.7 Å². The third-order valence-corrected chi connectivity index (χ3v) is 24.8. The standard InChI is InChI=1S/C96H63B2N5OS2/c1-7-30-62(31-8-1)70-44-27-45-71(63-32-9-2-10-33-63)94(70)103-84-61-83-78(60-79(84)98-77-49-22-24-53-88(77)104-89-59-69(58-87(103)93(89)98)100(66-38-15-5-16-39-66)81-51-28-46-74-72-42-19-25-54-90(72)105-95(74)81)97-76-48-21-23-50-80(76)101(67-40-17-6-18-41-67)85-56-68(99(64-34-11-3-12-35-64)65-36-13-4-14-37-65)57-86(92(85)97)102(83)82-52-29-47-75-73-43-20-26-55-91(73)106-96(75)82/h1-25,27-54,56-61H,26,55H2. The summed E-state index contributed by atoms with van der Waals surface area (Å²) in [6, 6.07) is 129. The number of para-hydroxylation sites is 7. The predicted molar refractivity (Wildman–Crippen MR) is 452 cm³/mol. The molecule has 5 aliphatic rings. The number of hydrogen-bond donors (Lipinski definition) is 0. The van der Waals surface area contributed by atoms with Crippen LogP contribution in [0.3, 0.4) is 0 Å². The van der Waals surface area contributed by atoms with E-state index < -0.39 is 0 Å². The van der Waals surface area contributed by atoms with E-state index in [2.05, 4.69) is 382 Å². The minimum atomic E-state index is -0.276. The number of ether oxygens (including phenoxy) is 1. The zero-order chi connectivity index (χ0) is 69.5. The van der Waals surface area contributed by atoms with Crippen molar-refractivity contribution in [2.75, 3.05) is 24.5 Å². The van der Waals surface area contributed by atoms with Gasteiger partial charge in [0.05, 0.1) is 37.8 Å². The molecule has 6 heterocycles. The first-order valence-electron chi connectivity index (χ1n) is 36.6. The first kappa shape index (κ1) is 60.7. The lowest BCUT2D eigenvalue weighted by Gasteiger charge is -2.47. The summed E-state index contributed by atoms with van der Waals surface area (Å²) < 4.78 is 11.4. The van der Waals surface area contributed by atoms with Crippen molar-refractivity contribution < 1.29 is 4.74 Å². The van der Waals surface area contributed by atoms with Crippen molar-refractivity contribution >= 4 is 191 Å². The Labute approximate surface area is 624 Å². The van der Waals surface area contributed by atoms with Crippen LogP contribution in [-0.2, 0) is 6.42 Å². The number of anilines is 15. The zero-order valence-electron chi connectivity index (χ0n) is 57.6. The molecule has 0 saturated carbocycles.